The summed E-state index contributed by atoms with van der Waals surface area (Å²) in [5, 5.41) is 10.6. The number of rotatable bonds is 5. The van der Waals surface area contributed by atoms with Gasteiger partial charge in [0.25, 0.3) is 0 Å². The molecule has 0 amide bonds. The molecule has 0 spiro atoms. The molecule has 1 N–H and O–H groups in total. The minimum absolute atomic E-state index is 0.353. The zero-order valence-corrected chi connectivity index (χ0v) is 17.2. The van der Waals surface area contributed by atoms with Crippen LogP contribution in [0.4, 0.5) is 0 Å². The molecule has 0 bridgehead atoms. The van der Waals surface area contributed by atoms with Crippen LogP contribution in [0.1, 0.15) is 40.0 Å². The average Bonchev–Trinajstić information content (AvgIpc) is 2.76. The summed E-state index contributed by atoms with van der Waals surface area (Å²) in [6.45, 7) is 0. The van der Waals surface area contributed by atoms with E-state index < -0.39 is 5.97 Å². The summed E-state index contributed by atoms with van der Waals surface area (Å²) in [5.41, 5.74) is 4.47. The highest BCUT2D eigenvalue weighted by atomic mass is 16.5. The number of benzene rings is 2. The van der Waals surface area contributed by atoms with Crippen LogP contribution in [0.5, 0.6) is 17.2 Å². The summed E-state index contributed by atoms with van der Waals surface area (Å²) < 4.78 is 16.3. The van der Waals surface area contributed by atoms with Crippen LogP contribution in [-0.2, 0) is 6.42 Å². The number of allylic oxidation sites excluding steroid dienone is 1. The predicted octanol–water partition coefficient (Wildman–Crippen LogP) is 4.84. The second-order valence-corrected chi connectivity index (χ2v) is 7.12. The second kappa shape index (κ2) is 8.06. The Morgan fingerprint density at radius 3 is 2.37 bits per heavy atom. The van der Waals surface area contributed by atoms with E-state index in [0.717, 1.165) is 35.2 Å². The van der Waals surface area contributed by atoms with Crippen molar-refractivity contribution in [2.24, 2.45) is 0 Å². The van der Waals surface area contributed by atoms with Crippen LogP contribution in [0.25, 0.3) is 22.6 Å². The van der Waals surface area contributed by atoms with Gasteiger partial charge in [-0.15, -0.1) is 0 Å². The molecule has 6 heteroatoms. The zero-order valence-electron chi connectivity index (χ0n) is 17.2. The first-order valence-electron chi connectivity index (χ1n) is 9.73. The molecule has 0 radical (unpaired) electrons. The minimum atomic E-state index is -0.918. The maximum Gasteiger partial charge on any atom is 0.336 e. The number of carboxylic acids is 1. The molecule has 0 saturated carbocycles. The van der Waals surface area contributed by atoms with E-state index in [1.54, 1.807) is 21.3 Å². The van der Waals surface area contributed by atoms with E-state index in [1.807, 2.05) is 42.5 Å². The Hall–Kier alpha value is -3.54. The summed E-state index contributed by atoms with van der Waals surface area (Å²) >= 11 is 0. The van der Waals surface area contributed by atoms with E-state index >= 15 is 0 Å². The maximum atomic E-state index is 12.1. The fraction of sp³-hybridized carbons (Fsp3) is 0.250. The third-order valence-electron chi connectivity index (χ3n) is 5.41. The van der Waals surface area contributed by atoms with Gasteiger partial charge < -0.3 is 19.3 Å². The molecule has 154 valence electrons. The standard InChI is InChI=1S/C24H23NO5/c1-28-19-12-14(13-20(29-2)23(19)30-3)11-15-7-6-9-17-21(24(26)27)16-8-4-5-10-18(16)25-22(15)17/h4-5,8,10-13H,6-7,9H2,1-3H3,(H,26,27)/b15-11+. The first-order valence-corrected chi connectivity index (χ1v) is 9.73. The van der Waals surface area contributed by atoms with Gasteiger partial charge in [-0.25, -0.2) is 9.78 Å². The van der Waals surface area contributed by atoms with E-state index in [-0.39, 0.29) is 0 Å². The fourth-order valence-corrected chi connectivity index (χ4v) is 4.11. The van der Waals surface area contributed by atoms with Crippen LogP contribution >= 0.6 is 0 Å². The molecule has 1 aliphatic carbocycles. The Balaban J connectivity index is 1.92. The highest BCUT2D eigenvalue weighted by Crippen LogP contribution is 2.41. The topological polar surface area (TPSA) is 77.9 Å². The largest absolute Gasteiger partial charge is 0.493 e. The van der Waals surface area contributed by atoms with Gasteiger partial charge in [0.15, 0.2) is 11.5 Å². The van der Waals surface area contributed by atoms with E-state index in [9.17, 15) is 9.90 Å². The average molecular weight is 405 g/mol. The van der Waals surface area contributed by atoms with Crippen molar-refractivity contribution >= 4 is 28.5 Å². The minimum Gasteiger partial charge on any atom is -0.493 e. The molecule has 3 aromatic rings. The van der Waals surface area contributed by atoms with Gasteiger partial charge in [0, 0.05) is 5.39 Å². The number of aromatic nitrogens is 1. The Kier molecular flexibility index (Phi) is 5.31. The number of methoxy groups -OCH3 is 3. The number of carbonyl (C=O) groups is 1. The van der Waals surface area contributed by atoms with Gasteiger partial charge in [-0.3, -0.25) is 0 Å². The molecule has 1 aromatic heterocycles. The van der Waals surface area contributed by atoms with Crippen LogP contribution < -0.4 is 14.2 Å². The van der Waals surface area contributed by atoms with Crippen molar-refractivity contribution in [3.63, 3.8) is 0 Å². The molecular weight excluding hydrogens is 382 g/mol. The number of pyridine rings is 1. The highest BCUT2D eigenvalue weighted by molar-refractivity contribution is 6.05. The molecule has 0 unspecified atom stereocenters. The van der Waals surface area contributed by atoms with Crippen LogP contribution in [0.3, 0.4) is 0 Å². The number of hydrogen-bond donors (Lipinski definition) is 1. The van der Waals surface area contributed by atoms with Crippen LogP contribution in [0, 0.1) is 0 Å². The van der Waals surface area contributed by atoms with Crippen molar-refractivity contribution in [1.82, 2.24) is 4.98 Å². The van der Waals surface area contributed by atoms with Crippen molar-refractivity contribution in [3.8, 4) is 17.2 Å². The Morgan fingerprint density at radius 2 is 1.73 bits per heavy atom. The predicted molar refractivity (Wildman–Crippen MR) is 116 cm³/mol. The van der Waals surface area contributed by atoms with Crippen LogP contribution in [-0.4, -0.2) is 37.4 Å². The number of hydrogen-bond acceptors (Lipinski definition) is 5. The summed E-state index contributed by atoms with van der Waals surface area (Å²) in [6, 6.07) is 11.2. The van der Waals surface area contributed by atoms with Gasteiger partial charge in [0.2, 0.25) is 5.75 Å². The first kappa shape index (κ1) is 19.8. The van der Waals surface area contributed by atoms with E-state index in [1.165, 1.54) is 0 Å². The van der Waals surface area contributed by atoms with Crippen molar-refractivity contribution < 1.29 is 24.1 Å². The van der Waals surface area contributed by atoms with Gasteiger partial charge in [0.1, 0.15) is 0 Å². The molecular formula is C24H23NO5. The SMILES string of the molecule is COc1cc(/C=C2\CCCc3c2nc2ccccc2c3C(=O)O)cc(OC)c1OC. The van der Waals surface area contributed by atoms with Crippen molar-refractivity contribution in [3.05, 3.63) is 58.8 Å². The molecule has 4 rings (SSSR count). The van der Waals surface area contributed by atoms with Gasteiger partial charge in [0.05, 0.1) is 38.1 Å². The third kappa shape index (κ3) is 3.34. The summed E-state index contributed by atoms with van der Waals surface area (Å²) in [7, 11) is 4.73. The van der Waals surface area contributed by atoms with Crippen LogP contribution in [0.2, 0.25) is 0 Å². The Labute approximate surface area is 174 Å². The molecule has 1 heterocycles. The molecule has 0 atom stereocenters. The van der Waals surface area contributed by atoms with E-state index in [4.69, 9.17) is 19.2 Å². The van der Waals surface area contributed by atoms with Gasteiger partial charge in [-0.05, 0) is 60.2 Å². The quantitative estimate of drug-likeness (QED) is 0.655. The van der Waals surface area contributed by atoms with Gasteiger partial charge >= 0.3 is 5.97 Å². The zero-order chi connectivity index (χ0) is 21.3. The summed E-state index contributed by atoms with van der Waals surface area (Å²) in [6.07, 6.45) is 4.40. The lowest BCUT2D eigenvalue weighted by molar-refractivity contribution is 0.0697. The number of carboxylic acid groups (broad SMARTS) is 1. The molecule has 6 nitrogen and oxygen atoms in total. The normalized spacial score (nSPS) is 14.4. The lowest BCUT2D eigenvalue weighted by Gasteiger charge is -2.22. The number of nitrogens with zero attached hydrogens (tertiary/aromatic N) is 1. The number of ether oxygens (including phenoxy) is 3. The molecule has 30 heavy (non-hydrogen) atoms. The molecule has 0 aliphatic heterocycles. The fourth-order valence-electron chi connectivity index (χ4n) is 4.11. The number of para-hydroxylation sites is 1. The Morgan fingerprint density at radius 1 is 1.03 bits per heavy atom. The first-order chi connectivity index (χ1) is 14.6. The van der Waals surface area contributed by atoms with Gasteiger partial charge in [-0.1, -0.05) is 18.2 Å². The summed E-state index contributed by atoms with van der Waals surface area (Å²) in [4.78, 5) is 16.9. The van der Waals surface area contributed by atoms with Crippen molar-refractivity contribution in [2.75, 3.05) is 21.3 Å². The summed E-state index contributed by atoms with van der Waals surface area (Å²) in [5.74, 6) is 0.747. The second-order valence-electron chi connectivity index (χ2n) is 7.12. The van der Waals surface area contributed by atoms with Crippen LogP contribution in [0.15, 0.2) is 36.4 Å². The third-order valence-corrected chi connectivity index (χ3v) is 5.41. The number of fused-ring (bicyclic) bond motifs is 2. The molecule has 0 fully saturated rings. The highest BCUT2D eigenvalue weighted by Gasteiger charge is 2.25. The van der Waals surface area contributed by atoms with Crippen molar-refractivity contribution in [2.45, 2.75) is 19.3 Å². The van der Waals surface area contributed by atoms with Gasteiger partial charge in [-0.2, -0.15) is 0 Å². The molecule has 0 saturated heterocycles. The maximum absolute atomic E-state index is 12.1. The number of aromatic carboxylic acids is 1. The lowest BCUT2D eigenvalue weighted by atomic mass is 9.86. The van der Waals surface area contributed by atoms with Crippen molar-refractivity contribution in [1.29, 1.82) is 0 Å². The lowest BCUT2D eigenvalue weighted by Crippen LogP contribution is -2.13. The van der Waals surface area contributed by atoms with E-state index in [0.29, 0.717) is 40.1 Å². The molecule has 1 aliphatic rings. The smallest absolute Gasteiger partial charge is 0.336 e. The Bertz CT molecular complexity index is 1140. The van der Waals surface area contributed by atoms with E-state index in [2.05, 4.69) is 0 Å². The monoisotopic (exact) mass is 405 g/mol. The molecule has 2 aromatic carbocycles.